The van der Waals surface area contributed by atoms with Gasteiger partial charge in [0.05, 0.1) is 17.9 Å². The van der Waals surface area contributed by atoms with Gasteiger partial charge in [-0.05, 0) is 43.3 Å². The van der Waals surface area contributed by atoms with Gasteiger partial charge >= 0.3 is 0 Å². The molecule has 11 nitrogen and oxygen atoms in total. The Morgan fingerprint density at radius 3 is 2.42 bits per heavy atom. The molecule has 0 fully saturated rings. The van der Waals surface area contributed by atoms with Gasteiger partial charge in [-0.15, -0.1) is 0 Å². The molecule has 2 unspecified atom stereocenters. The van der Waals surface area contributed by atoms with E-state index in [4.69, 9.17) is 9.47 Å². The third-order valence-electron chi connectivity index (χ3n) is 5.69. The Morgan fingerprint density at radius 1 is 1.08 bits per heavy atom. The number of hydrogen-bond acceptors (Lipinski definition) is 9. The van der Waals surface area contributed by atoms with E-state index >= 15 is 0 Å². The number of anilines is 1. The molecule has 1 amide bonds. The lowest BCUT2D eigenvalue weighted by Crippen LogP contribution is -2.39. The fraction of sp³-hybridized carbons (Fsp3) is 0.250. The van der Waals surface area contributed by atoms with Gasteiger partial charge in [0.25, 0.3) is 21.8 Å². The van der Waals surface area contributed by atoms with E-state index in [0.29, 0.717) is 17.0 Å². The molecule has 2 atom stereocenters. The van der Waals surface area contributed by atoms with E-state index in [1.807, 2.05) is 0 Å². The van der Waals surface area contributed by atoms with Gasteiger partial charge in [0.15, 0.2) is 6.23 Å². The van der Waals surface area contributed by atoms with Crippen molar-refractivity contribution in [3.8, 4) is 11.6 Å². The fourth-order valence-corrected chi connectivity index (χ4v) is 4.77. The largest absolute Gasteiger partial charge is 0.493 e. The summed E-state index contributed by atoms with van der Waals surface area (Å²) in [5.41, 5.74) is 0.959. The van der Waals surface area contributed by atoms with Crippen LogP contribution in [-0.4, -0.2) is 67.1 Å². The number of carbonyl (C=O) groups is 1. The van der Waals surface area contributed by atoms with Crippen molar-refractivity contribution in [2.75, 3.05) is 25.1 Å². The number of sulfonamides is 1. The van der Waals surface area contributed by atoms with Crippen LogP contribution in [0.5, 0.6) is 11.6 Å². The first-order valence-corrected chi connectivity index (χ1v) is 12.4. The lowest BCUT2D eigenvalue weighted by molar-refractivity contribution is -0.00485. The van der Waals surface area contributed by atoms with Crippen LogP contribution < -0.4 is 13.8 Å². The SMILES string of the molecule is COc1nccnc1N(C)S(=O)(=O)c1ccc(OCC2C(C)=NN(C(=O)c3ccccc3)C2O)cc1. The zero-order chi connectivity index (χ0) is 25.9. The first-order chi connectivity index (χ1) is 17.2. The standard InChI is InChI=1S/C24H25N5O6S/c1-16-20(24(31)29(27-16)23(30)17-7-5-4-6-8-17)15-35-18-9-11-19(12-10-18)36(32,33)28(2)21-22(34-3)26-14-13-25-21/h4-14,20,24,31H,15H2,1-3H3. The molecule has 0 spiro atoms. The quantitative estimate of drug-likeness (QED) is 0.486. The van der Waals surface area contributed by atoms with Crippen LogP contribution in [-0.2, 0) is 10.0 Å². The Hall–Kier alpha value is -4.03. The van der Waals surface area contributed by atoms with Crippen molar-refractivity contribution in [2.45, 2.75) is 18.0 Å². The van der Waals surface area contributed by atoms with Crippen LogP contribution in [0, 0.1) is 5.92 Å². The number of aromatic nitrogens is 2. The van der Waals surface area contributed by atoms with E-state index in [9.17, 15) is 18.3 Å². The summed E-state index contributed by atoms with van der Waals surface area (Å²) in [5.74, 6) is -0.434. The van der Waals surface area contributed by atoms with Crippen molar-refractivity contribution < 1.29 is 27.8 Å². The van der Waals surface area contributed by atoms with Gasteiger partial charge in [-0.3, -0.25) is 4.79 Å². The third kappa shape index (κ3) is 4.86. The Kier molecular flexibility index (Phi) is 7.17. The van der Waals surface area contributed by atoms with Crippen molar-refractivity contribution in [1.82, 2.24) is 15.0 Å². The summed E-state index contributed by atoms with van der Waals surface area (Å²) in [6.45, 7) is 1.75. The van der Waals surface area contributed by atoms with Crippen molar-refractivity contribution in [3.05, 3.63) is 72.6 Å². The highest BCUT2D eigenvalue weighted by Crippen LogP contribution is 2.28. The van der Waals surface area contributed by atoms with Gasteiger partial charge in [-0.25, -0.2) is 22.7 Å². The summed E-state index contributed by atoms with van der Waals surface area (Å²) in [6.07, 6.45) is 1.59. The average Bonchev–Trinajstić information content (AvgIpc) is 3.19. The van der Waals surface area contributed by atoms with Crippen LogP contribution in [0.15, 0.2) is 77.0 Å². The summed E-state index contributed by atoms with van der Waals surface area (Å²) in [7, 11) is -1.20. The number of ether oxygens (including phenoxy) is 2. The number of rotatable bonds is 8. The molecule has 1 N–H and O–H groups in total. The lowest BCUT2D eigenvalue weighted by atomic mass is 10.0. The number of hydrogen-bond donors (Lipinski definition) is 1. The zero-order valence-electron chi connectivity index (χ0n) is 19.8. The lowest BCUT2D eigenvalue weighted by Gasteiger charge is -2.22. The predicted octanol–water partition coefficient (Wildman–Crippen LogP) is 2.16. The Labute approximate surface area is 208 Å². The molecule has 0 radical (unpaired) electrons. The van der Waals surface area contributed by atoms with E-state index in [-0.39, 0.29) is 23.2 Å². The minimum atomic E-state index is -3.94. The molecular formula is C24H25N5O6S. The topological polar surface area (TPSA) is 135 Å². The van der Waals surface area contributed by atoms with Gasteiger partial charge in [0, 0.05) is 30.7 Å². The monoisotopic (exact) mass is 511 g/mol. The fourth-order valence-electron chi connectivity index (χ4n) is 3.62. The molecule has 4 rings (SSSR count). The normalized spacial score (nSPS) is 17.4. The Bertz CT molecular complexity index is 1370. The second-order valence-electron chi connectivity index (χ2n) is 7.92. The van der Waals surface area contributed by atoms with E-state index in [0.717, 1.165) is 9.31 Å². The molecule has 0 bridgehead atoms. The van der Waals surface area contributed by atoms with Crippen molar-refractivity contribution in [3.63, 3.8) is 0 Å². The zero-order valence-corrected chi connectivity index (χ0v) is 20.7. The molecule has 3 aromatic rings. The predicted molar refractivity (Wildman–Crippen MR) is 131 cm³/mol. The van der Waals surface area contributed by atoms with E-state index < -0.39 is 28.1 Å². The smallest absolute Gasteiger partial charge is 0.276 e. The summed E-state index contributed by atoms with van der Waals surface area (Å²) >= 11 is 0. The molecule has 2 aromatic carbocycles. The molecule has 1 aliphatic rings. The molecule has 0 aliphatic carbocycles. The van der Waals surface area contributed by atoms with Crippen LogP contribution in [0.3, 0.4) is 0 Å². The second-order valence-corrected chi connectivity index (χ2v) is 9.89. The van der Waals surface area contributed by atoms with E-state index in [1.165, 1.54) is 50.8 Å². The Balaban J connectivity index is 1.42. The molecule has 36 heavy (non-hydrogen) atoms. The maximum atomic E-state index is 13.1. The van der Waals surface area contributed by atoms with Gasteiger partial charge in [-0.2, -0.15) is 10.1 Å². The summed E-state index contributed by atoms with van der Waals surface area (Å²) in [5, 5.41) is 16.0. The minimum absolute atomic E-state index is 0.0170. The van der Waals surface area contributed by atoms with Gasteiger partial charge in [0.1, 0.15) is 12.4 Å². The second kappa shape index (κ2) is 10.3. The third-order valence-corrected chi connectivity index (χ3v) is 7.45. The average molecular weight is 512 g/mol. The molecular weight excluding hydrogens is 486 g/mol. The van der Waals surface area contributed by atoms with Crippen molar-refractivity contribution in [1.29, 1.82) is 0 Å². The van der Waals surface area contributed by atoms with Crippen LogP contribution in [0.25, 0.3) is 0 Å². The number of aliphatic hydroxyl groups is 1. The maximum absolute atomic E-state index is 13.1. The first kappa shape index (κ1) is 25.1. The molecule has 1 aliphatic heterocycles. The highest BCUT2D eigenvalue weighted by Gasteiger charge is 2.38. The van der Waals surface area contributed by atoms with Crippen LogP contribution in [0.1, 0.15) is 17.3 Å². The van der Waals surface area contributed by atoms with E-state index in [1.54, 1.807) is 37.3 Å². The summed E-state index contributed by atoms with van der Waals surface area (Å²) in [6, 6.07) is 14.4. The van der Waals surface area contributed by atoms with Gasteiger partial charge in [0.2, 0.25) is 5.82 Å². The molecule has 0 saturated heterocycles. The van der Waals surface area contributed by atoms with Crippen LogP contribution in [0.2, 0.25) is 0 Å². The minimum Gasteiger partial charge on any atom is -0.493 e. The molecule has 1 aromatic heterocycles. The van der Waals surface area contributed by atoms with E-state index in [2.05, 4.69) is 15.1 Å². The highest BCUT2D eigenvalue weighted by atomic mass is 32.2. The Morgan fingerprint density at radius 2 is 1.75 bits per heavy atom. The van der Waals surface area contributed by atoms with Crippen LogP contribution >= 0.6 is 0 Å². The van der Waals surface area contributed by atoms with Crippen molar-refractivity contribution >= 4 is 27.5 Å². The van der Waals surface area contributed by atoms with Crippen LogP contribution in [0.4, 0.5) is 5.82 Å². The van der Waals surface area contributed by atoms with Crippen molar-refractivity contribution in [2.24, 2.45) is 11.0 Å². The molecule has 188 valence electrons. The number of nitrogens with zero attached hydrogens (tertiary/aromatic N) is 5. The molecule has 0 saturated carbocycles. The van der Waals surface area contributed by atoms with Gasteiger partial charge < -0.3 is 14.6 Å². The number of hydrazone groups is 1. The number of amides is 1. The summed E-state index contributed by atoms with van der Waals surface area (Å²) < 4.78 is 38.0. The molecule has 12 heteroatoms. The number of carbonyl (C=O) groups excluding carboxylic acids is 1. The number of benzene rings is 2. The summed E-state index contributed by atoms with van der Waals surface area (Å²) in [4.78, 5) is 20.7. The molecule has 2 heterocycles. The first-order valence-electron chi connectivity index (χ1n) is 10.9. The number of aliphatic hydroxyl groups excluding tert-OH is 1. The highest BCUT2D eigenvalue weighted by molar-refractivity contribution is 7.92. The number of methoxy groups -OCH3 is 1. The van der Waals surface area contributed by atoms with Gasteiger partial charge in [-0.1, -0.05) is 18.2 Å². The maximum Gasteiger partial charge on any atom is 0.276 e.